The SMILES string of the molecule is CCCNC(=O)C(C)N(Cc1cccc(OC)c1)C(=O)CN(c1cccc(Cl)c1)S(=O)(=O)c1ccc(OC)cc1. The zero-order valence-electron chi connectivity index (χ0n) is 23.0. The molecular weight excluding hydrogens is 554 g/mol. The highest BCUT2D eigenvalue weighted by Crippen LogP contribution is 2.28. The summed E-state index contributed by atoms with van der Waals surface area (Å²) in [6, 6.07) is 18.4. The van der Waals surface area contributed by atoms with Gasteiger partial charge in [-0.25, -0.2) is 8.42 Å². The van der Waals surface area contributed by atoms with E-state index in [1.54, 1.807) is 43.3 Å². The molecule has 0 aliphatic heterocycles. The Morgan fingerprint density at radius 1 is 0.950 bits per heavy atom. The first-order valence-corrected chi connectivity index (χ1v) is 14.5. The summed E-state index contributed by atoms with van der Waals surface area (Å²) < 4.78 is 39.2. The van der Waals surface area contributed by atoms with Crippen molar-refractivity contribution in [2.24, 2.45) is 0 Å². The molecule has 11 heteroatoms. The van der Waals surface area contributed by atoms with Gasteiger partial charge in [-0.3, -0.25) is 13.9 Å². The third-order valence-corrected chi connectivity index (χ3v) is 8.25. The smallest absolute Gasteiger partial charge is 0.264 e. The highest BCUT2D eigenvalue weighted by molar-refractivity contribution is 7.92. The van der Waals surface area contributed by atoms with Crippen molar-refractivity contribution in [1.29, 1.82) is 0 Å². The molecule has 1 unspecified atom stereocenters. The van der Waals surface area contributed by atoms with E-state index in [1.807, 2.05) is 13.0 Å². The van der Waals surface area contributed by atoms with Crippen molar-refractivity contribution in [3.8, 4) is 11.5 Å². The molecule has 0 aromatic heterocycles. The highest BCUT2D eigenvalue weighted by atomic mass is 35.5. The van der Waals surface area contributed by atoms with Crippen LogP contribution in [0, 0.1) is 0 Å². The summed E-state index contributed by atoms with van der Waals surface area (Å²) in [6.07, 6.45) is 0.727. The van der Waals surface area contributed by atoms with Crippen LogP contribution in [0.4, 0.5) is 5.69 Å². The van der Waals surface area contributed by atoms with Gasteiger partial charge in [-0.15, -0.1) is 0 Å². The van der Waals surface area contributed by atoms with Gasteiger partial charge in [0.25, 0.3) is 10.0 Å². The molecule has 0 saturated carbocycles. The minimum absolute atomic E-state index is 0.0332. The van der Waals surface area contributed by atoms with Gasteiger partial charge in [0.05, 0.1) is 24.8 Å². The van der Waals surface area contributed by atoms with Gasteiger partial charge in [-0.1, -0.05) is 36.7 Å². The fourth-order valence-electron chi connectivity index (χ4n) is 3.98. The maximum Gasteiger partial charge on any atom is 0.264 e. The van der Waals surface area contributed by atoms with Crippen LogP contribution in [0.1, 0.15) is 25.8 Å². The van der Waals surface area contributed by atoms with Crippen LogP contribution in [-0.2, 0) is 26.2 Å². The number of ether oxygens (including phenoxy) is 2. The second-order valence-corrected chi connectivity index (χ2v) is 11.3. The van der Waals surface area contributed by atoms with Crippen molar-refractivity contribution in [3.05, 3.63) is 83.4 Å². The predicted molar refractivity (Wildman–Crippen MR) is 155 cm³/mol. The van der Waals surface area contributed by atoms with E-state index in [0.717, 1.165) is 16.3 Å². The van der Waals surface area contributed by atoms with Gasteiger partial charge in [0.2, 0.25) is 11.8 Å². The average molecular weight is 588 g/mol. The Hall–Kier alpha value is -3.76. The quantitative estimate of drug-likeness (QED) is 0.316. The van der Waals surface area contributed by atoms with Crippen molar-refractivity contribution in [2.75, 3.05) is 31.6 Å². The first-order valence-electron chi connectivity index (χ1n) is 12.7. The van der Waals surface area contributed by atoms with Crippen molar-refractivity contribution in [3.63, 3.8) is 0 Å². The molecule has 0 radical (unpaired) electrons. The molecule has 2 amide bonds. The van der Waals surface area contributed by atoms with E-state index in [2.05, 4.69) is 5.32 Å². The predicted octanol–water partition coefficient (Wildman–Crippen LogP) is 4.50. The number of benzene rings is 3. The second-order valence-electron chi connectivity index (χ2n) is 9.01. The Bertz CT molecular complexity index is 1420. The van der Waals surface area contributed by atoms with Crippen LogP contribution < -0.4 is 19.1 Å². The Morgan fingerprint density at radius 2 is 1.62 bits per heavy atom. The Morgan fingerprint density at radius 3 is 2.25 bits per heavy atom. The number of sulfonamides is 1. The monoisotopic (exact) mass is 587 g/mol. The Labute approximate surface area is 240 Å². The van der Waals surface area contributed by atoms with Gasteiger partial charge in [-0.2, -0.15) is 0 Å². The number of anilines is 1. The third kappa shape index (κ3) is 7.67. The molecule has 214 valence electrons. The van der Waals surface area contributed by atoms with Crippen LogP contribution in [0.15, 0.2) is 77.7 Å². The molecule has 1 N–H and O–H groups in total. The van der Waals surface area contributed by atoms with Crippen molar-refractivity contribution in [1.82, 2.24) is 10.2 Å². The summed E-state index contributed by atoms with van der Waals surface area (Å²) in [5.74, 6) is 0.167. The summed E-state index contributed by atoms with van der Waals surface area (Å²) in [7, 11) is -1.20. The van der Waals surface area contributed by atoms with Crippen molar-refractivity contribution in [2.45, 2.75) is 37.8 Å². The Balaban J connectivity index is 2.03. The van der Waals surface area contributed by atoms with E-state index in [1.165, 1.54) is 49.5 Å². The largest absolute Gasteiger partial charge is 0.497 e. The van der Waals surface area contributed by atoms with Crippen LogP contribution in [0.2, 0.25) is 5.02 Å². The molecule has 0 spiro atoms. The fourth-order valence-corrected chi connectivity index (χ4v) is 5.57. The molecule has 0 aliphatic rings. The zero-order chi connectivity index (χ0) is 29.3. The molecular formula is C29H34ClN3O6S. The number of nitrogens with one attached hydrogen (secondary N) is 1. The molecule has 0 heterocycles. The van der Waals surface area contributed by atoms with Crippen LogP contribution in [-0.4, -0.2) is 58.5 Å². The number of amides is 2. The van der Waals surface area contributed by atoms with E-state index in [-0.39, 0.29) is 23.0 Å². The number of hydrogen-bond donors (Lipinski definition) is 1. The lowest BCUT2D eigenvalue weighted by Gasteiger charge is -2.32. The molecule has 3 rings (SSSR count). The molecule has 0 bridgehead atoms. The molecule has 3 aromatic carbocycles. The molecule has 40 heavy (non-hydrogen) atoms. The molecule has 1 atom stereocenters. The minimum Gasteiger partial charge on any atom is -0.497 e. The second kappa shape index (κ2) is 14.0. The number of carbonyl (C=O) groups excluding carboxylic acids is 2. The van der Waals surface area contributed by atoms with Crippen molar-refractivity contribution >= 4 is 39.1 Å². The summed E-state index contributed by atoms with van der Waals surface area (Å²) in [5.41, 5.74) is 0.927. The highest BCUT2D eigenvalue weighted by Gasteiger charge is 2.32. The van der Waals surface area contributed by atoms with Gasteiger partial charge in [0.1, 0.15) is 24.1 Å². The molecule has 0 fully saturated rings. The van der Waals surface area contributed by atoms with Gasteiger partial charge in [-0.05, 0) is 73.5 Å². The van der Waals surface area contributed by atoms with Gasteiger partial charge < -0.3 is 19.7 Å². The van der Waals surface area contributed by atoms with E-state index in [4.69, 9.17) is 21.1 Å². The molecule has 9 nitrogen and oxygen atoms in total. The number of rotatable bonds is 13. The summed E-state index contributed by atoms with van der Waals surface area (Å²) in [6.45, 7) is 3.49. The lowest BCUT2D eigenvalue weighted by molar-refractivity contribution is -0.139. The fraction of sp³-hybridized carbons (Fsp3) is 0.310. The minimum atomic E-state index is -4.22. The number of hydrogen-bond acceptors (Lipinski definition) is 6. The summed E-state index contributed by atoms with van der Waals surface area (Å²) in [5, 5.41) is 3.12. The summed E-state index contributed by atoms with van der Waals surface area (Å²) in [4.78, 5) is 28.2. The van der Waals surface area contributed by atoms with Crippen LogP contribution in [0.3, 0.4) is 0 Å². The maximum atomic E-state index is 13.9. The van der Waals surface area contributed by atoms with Crippen LogP contribution in [0.25, 0.3) is 0 Å². The lowest BCUT2D eigenvalue weighted by atomic mass is 10.1. The van der Waals surface area contributed by atoms with Gasteiger partial charge in [0.15, 0.2) is 0 Å². The number of methoxy groups -OCH3 is 2. The van der Waals surface area contributed by atoms with Crippen molar-refractivity contribution < 1.29 is 27.5 Å². The Kier molecular flexibility index (Phi) is 10.8. The average Bonchev–Trinajstić information content (AvgIpc) is 2.96. The zero-order valence-corrected chi connectivity index (χ0v) is 24.5. The van der Waals surface area contributed by atoms with Crippen LogP contribution >= 0.6 is 11.6 Å². The van der Waals surface area contributed by atoms with Gasteiger partial charge in [0, 0.05) is 18.1 Å². The van der Waals surface area contributed by atoms with E-state index >= 15 is 0 Å². The first-order chi connectivity index (χ1) is 19.1. The maximum absolute atomic E-state index is 13.9. The number of halogens is 1. The number of carbonyl (C=O) groups is 2. The third-order valence-electron chi connectivity index (χ3n) is 6.23. The van der Waals surface area contributed by atoms with Gasteiger partial charge >= 0.3 is 0 Å². The molecule has 0 saturated heterocycles. The summed E-state index contributed by atoms with van der Waals surface area (Å²) >= 11 is 6.20. The topological polar surface area (TPSA) is 105 Å². The molecule has 3 aromatic rings. The normalized spacial score (nSPS) is 11.8. The molecule has 0 aliphatic carbocycles. The van der Waals surface area contributed by atoms with Crippen LogP contribution in [0.5, 0.6) is 11.5 Å². The standard InChI is InChI=1S/C29H34ClN3O6S/c1-5-16-31-29(35)21(2)32(19-22-8-6-11-26(17-22)39-4)28(34)20-33(24-10-7-9-23(30)18-24)40(36,37)27-14-12-25(38-3)13-15-27/h6-15,17-18,21H,5,16,19-20H2,1-4H3,(H,31,35). The number of nitrogens with zero attached hydrogens (tertiary/aromatic N) is 2. The van der Waals surface area contributed by atoms with E-state index in [9.17, 15) is 18.0 Å². The van der Waals surface area contributed by atoms with E-state index < -0.39 is 28.5 Å². The lowest BCUT2D eigenvalue weighted by Crippen LogP contribution is -2.51. The first kappa shape index (κ1) is 30.8. The van der Waals surface area contributed by atoms with E-state index in [0.29, 0.717) is 23.1 Å².